The molecule has 3 aromatic rings. The fraction of sp³-hybridized carbons (Fsp3) is 0.472. The molecule has 6 atom stereocenters. The highest BCUT2D eigenvalue weighted by molar-refractivity contribution is 7.00. The number of carbonyl (C=O) groups excluding carboxylic acids is 1. The smallest absolute Gasteiger partial charge is 0.319 e. The van der Waals surface area contributed by atoms with Gasteiger partial charge in [0, 0.05) is 17.8 Å². The number of benzene rings is 3. The van der Waals surface area contributed by atoms with Crippen LogP contribution in [0.5, 0.6) is 5.75 Å². The first-order valence-corrected chi connectivity index (χ1v) is 17.3. The lowest BCUT2D eigenvalue weighted by atomic mass is 9.55. The van der Waals surface area contributed by atoms with Crippen LogP contribution in [0.25, 0.3) is 0 Å². The zero-order valence-electron chi connectivity index (χ0n) is 24.8. The molecule has 3 aliphatic carbocycles. The van der Waals surface area contributed by atoms with Gasteiger partial charge in [0.15, 0.2) is 0 Å². The van der Waals surface area contributed by atoms with Crippen molar-refractivity contribution in [2.75, 3.05) is 13.2 Å². The van der Waals surface area contributed by atoms with Crippen LogP contribution >= 0.6 is 0 Å². The molecular formula is C36H42O4Si. The standard InChI is InChI=1S/C36H42O4Si/c1-35(2,3)41(26-11-7-5-8-12-26,27-13-9-6-10-14-27)40-25-16-18-28-24(21-25)15-17-29-30-22-32-34(39-20-19-38-32)36(30,4)23-31(37)33(28)29/h5-14,16,18,21,29-30,32-34H,15,17,19-20,22-23H2,1-4H3/t29-,30-,32?,33+,34?,36-/m0/s1. The number of Topliss-reactive ketones (excluding diaryl/α,β-unsaturated/α-hetero) is 1. The number of hydrogen-bond acceptors (Lipinski definition) is 4. The fourth-order valence-electron chi connectivity index (χ4n) is 9.04. The van der Waals surface area contributed by atoms with Gasteiger partial charge in [-0.1, -0.05) is 94.4 Å². The first-order chi connectivity index (χ1) is 19.7. The van der Waals surface area contributed by atoms with Crippen molar-refractivity contribution in [1.82, 2.24) is 0 Å². The van der Waals surface area contributed by atoms with E-state index in [1.807, 2.05) is 0 Å². The predicted octanol–water partition coefficient (Wildman–Crippen LogP) is 6.05. The van der Waals surface area contributed by atoms with E-state index < -0.39 is 8.32 Å². The highest BCUT2D eigenvalue weighted by Gasteiger charge is 2.62. The van der Waals surface area contributed by atoms with Gasteiger partial charge in [0.05, 0.1) is 25.4 Å². The molecule has 5 heteroatoms. The van der Waals surface area contributed by atoms with E-state index in [9.17, 15) is 4.79 Å². The van der Waals surface area contributed by atoms with E-state index >= 15 is 0 Å². The Morgan fingerprint density at radius 2 is 1.56 bits per heavy atom. The largest absolute Gasteiger partial charge is 0.534 e. The second-order valence-electron chi connectivity index (χ2n) is 14.0. The second kappa shape index (κ2) is 9.93. The molecule has 4 nitrogen and oxygen atoms in total. The van der Waals surface area contributed by atoms with E-state index in [2.05, 4.69) is 107 Å². The maximum absolute atomic E-state index is 13.9. The molecule has 0 spiro atoms. The number of hydrogen-bond donors (Lipinski definition) is 0. The molecule has 3 fully saturated rings. The van der Waals surface area contributed by atoms with Crippen LogP contribution < -0.4 is 14.8 Å². The monoisotopic (exact) mass is 566 g/mol. The lowest BCUT2D eigenvalue weighted by Crippen LogP contribution is -2.68. The second-order valence-corrected chi connectivity index (χ2v) is 18.2. The van der Waals surface area contributed by atoms with E-state index in [0.717, 1.165) is 25.0 Å². The van der Waals surface area contributed by atoms with Gasteiger partial charge >= 0.3 is 8.32 Å². The van der Waals surface area contributed by atoms with Crippen LogP contribution in [-0.2, 0) is 20.7 Å². The molecule has 1 heterocycles. The summed E-state index contributed by atoms with van der Waals surface area (Å²) in [6, 6.07) is 28.2. The number of fused-ring (bicyclic) bond motifs is 7. The number of aryl methyl sites for hydroxylation is 1. The SMILES string of the molecule is CC(C)(C)[Si](Oc1ccc2c(c1)CC[C@@H]1[C@@H]2C(=O)C[C@]2(C)C3OCCOC3C[C@@H]12)(c1ccccc1)c1ccccc1. The van der Waals surface area contributed by atoms with Crippen molar-refractivity contribution in [3.63, 3.8) is 0 Å². The molecule has 0 radical (unpaired) electrons. The van der Waals surface area contributed by atoms with E-state index in [4.69, 9.17) is 13.9 Å². The Balaban J connectivity index is 1.25. The summed E-state index contributed by atoms with van der Waals surface area (Å²) in [7, 11) is -2.72. The van der Waals surface area contributed by atoms with Gasteiger partial charge in [-0.25, -0.2) is 0 Å². The van der Waals surface area contributed by atoms with Gasteiger partial charge in [-0.2, -0.15) is 0 Å². The molecule has 1 aliphatic heterocycles. The minimum absolute atomic E-state index is 0.0288. The summed E-state index contributed by atoms with van der Waals surface area (Å²) >= 11 is 0. The number of ether oxygens (including phenoxy) is 2. The molecule has 4 aliphatic rings. The molecular weight excluding hydrogens is 524 g/mol. The fourth-order valence-corrected chi connectivity index (χ4v) is 13.5. The Morgan fingerprint density at radius 3 is 2.22 bits per heavy atom. The number of rotatable bonds is 4. The summed E-state index contributed by atoms with van der Waals surface area (Å²) in [6.07, 6.45) is 3.80. The topological polar surface area (TPSA) is 44.8 Å². The minimum Gasteiger partial charge on any atom is -0.534 e. The predicted molar refractivity (Wildman–Crippen MR) is 165 cm³/mol. The van der Waals surface area contributed by atoms with Crippen molar-refractivity contribution < 1.29 is 18.7 Å². The molecule has 2 saturated carbocycles. The lowest BCUT2D eigenvalue weighted by molar-refractivity contribution is -0.166. The van der Waals surface area contributed by atoms with Crippen LogP contribution in [0.3, 0.4) is 0 Å². The summed E-state index contributed by atoms with van der Waals surface area (Å²) in [5.74, 6) is 2.08. The van der Waals surface area contributed by atoms with E-state index in [1.54, 1.807) is 0 Å². The average molecular weight is 567 g/mol. The third kappa shape index (κ3) is 4.18. The summed E-state index contributed by atoms with van der Waals surface area (Å²) in [5, 5.41) is 2.43. The van der Waals surface area contributed by atoms with Gasteiger partial charge in [-0.15, -0.1) is 0 Å². The zero-order chi connectivity index (χ0) is 28.4. The van der Waals surface area contributed by atoms with Gasteiger partial charge in [0.1, 0.15) is 11.5 Å². The van der Waals surface area contributed by atoms with Gasteiger partial charge in [-0.05, 0) is 69.8 Å². The Bertz CT molecular complexity index is 1390. The third-order valence-corrected chi connectivity index (χ3v) is 15.7. The van der Waals surface area contributed by atoms with Gasteiger partial charge in [-0.3, -0.25) is 4.79 Å². The molecule has 7 rings (SSSR count). The normalized spacial score (nSPS) is 31.0. The van der Waals surface area contributed by atoms with Crippen molar-refractivity contribution in [2.24, 2.45) is 17.3 Å². The molecule has 1 saturated heterocycles. The molecule has 0 N–H and O–H groups in total. The van der Waals surface area contributed by atoms with E-state index in [1.165, 1.54) is 21.5 Å². The first kappa shape index (κ1) is 27.1. The van der Waals surface area contributed by atoms with E-state index in [0.29, 0.717) is 37.3 Å². The Kier molecular flexibility index (Phi) is 6.57. The lowest BCUT2D eigenvalue weighted by Gasteiger charge is -2.49. The van der Waals surface area contributed by atoms with Crippen molar-refractivity contribution in [3.8, 4) is 5.75 Å². The van der Waals surface area contributed by atoms with Crippen molar-refractivity contribution in [2.45, 2.75) is 76.5 Å². The first-order valence-electron chi connectivity index (χ1n) is 15.4. The Hall–Kier alpha value is -2.73. The quantitative estimate of drug-likeness (QED) is 0.361. The molecule has 214 valence electrons. The third-order valence-electron chi connectivity index (χ3n) is 10.8. The van der Waals surface area contributed by atoms with Crippen LogP contribution in [0, 0.1) is 17.3 Å². The van der Waals surface area contributed by atoms with Crippen molar-refractivity contribution in [3.05, 3.63) is 90.0 Å². The van der Waals surface area contributed by atoms with Crippen LogP contribution in [-0.4, -0.2) is 39.5 Å². The number of carbonyl (C=O) groups is 1. The van der Waals surface area contributed by atoms with Crippen molar-refractivity contribution in [1.29, 1.82) is 0 Å². The van der Waals surface area contributed by atoms with Crippen molar-refractivity contribution >= 4 is 24.5 Å². The van der Waals surface area contributed by atoms with Crippen LogP contribution in [0.15, 0.2) is 78.9 Å². The zero-order valence-corrected chi connectivity index (χ0v) is 25.8. The number of ketones is 1. The highest BCUT2D eigenvalue weighted by Crippen LogP contribution is 2.61. The Labute approximate surface area is 245 Å². The van der Waals surface area contributed by atoms with Crippen LogP contribution in [0.4, 0.5) is 0 Å². The molecule has 0 bridgehead atoms. The summed E-state index contributed by atoms with van der Waals surface area (Å²) in [6.45, 7) is 10.5. The molecule has 2 unspecified atom stereocenters. The van der Waals surface area contributed by atoms with Gasteiger partial charge in [0.25, 0.3) is 0 Å². The van der Waals surface area contributed by atoms with Crippen LogP contribution in [0.1, 0.15) is 64.0 Å². The molecule has 41 heavy (non-hydrogen) atoms. The Morgan fingerprint density at radius 1 is 0.902 bits per heavy atom. The maximum atomic E-state index is 13.9. The maximum Gasteiger partial charge on any atom is 0.319 e. The molecule has 0 amide bonds. The van der Waals surface area contributed by atoms with Crippen LogP contribution in [0.2, 0.25) is 5.04 Å². The van der Waals surface area contributed by atoms with E-state index in [-0.39, 0.29) is 28.6 Å². The molecule has 3 aromatic carbocycles. The summed E-state index contributed by atoms with van der Waals surface area (Å²) in [4.78, 5) is 13.9. The molecule has 0 aromatic heterocycles. The van der Waals surface area contributed by atoms with Gasteiger partial charge in [0.2, 0.25) is 0 Å². The average Bonchev–Trinajstić information content (AvgIpc) is 3.28. The minimum atomic E-state index is -2.72. The summed E-state index contributed by atoms with van der Waals surface area (Å²) in [5.41, 5.74) is 2.38. The summed E-state index contributed by atoms with van der Waals surface area (Å²) < 4.78 is 19.7. The highest BCUT2D eigenvalue weighted by atomic mass is 28.4. The van der Waals surface area contributed by atoms with Gasteiger partial charge < -0.3 is 13.9 Å².